The molecule has 0 radical (unpaired) electrons. The van der Waals surface area contributed by atoms with E-state index in [9.17, 15) is 9.59 Å². The van der Waals surface area contributed by atoms with E-state index in [2.05, 4.69) is 20.3 Å². The Morgan fingerprint density at radius 3 is 2.56 bits per heavy atom. The lowest BCUT2D eigenvalue weighted by molar-refractivity contribution is 0.102. The zero-order chi connectivity index (χ0) is 23.7. The fourth-order valence-corrected chi connectivity index (χ4v) is 4.03. The van der Waals surface area contributed by atoms with Crippen molar-refractivity contribution in [3.05, 3.63) is 107 Å². The zero-order valence-electron chi connectivity index (χ0n) is 18.4. The molecule has 8 heteroatoms. The van der Waals surface area contributed by atoms with Gasteiger partial charge in [0.2, 0.25) is 0 Å². The third-order valence-corrected chi connectivity index (χ3v) is 5.87. The van der Waals surface area contributed by atoms with Crippen LogP contribution in [0.1, 0.15) is 28.9 Å². The average molecular weight is 451 g/mol. The van der Waals surface area contributed by atoms with Crippen LogP contribution in [0.25, 0.3) is 22.2 Å². The van der Waals surface area contributed by atoms with Gasteiger partial charge < -0.3 is 20.6 Å². The average Bonchev–Trinajstić information content (AvgIpc) is 3.30. The van der Waals surface area contributed by atoms with Crippen LogP contribution in [0.5, 0.6) is 0 Å². The number of amides is 1. The fraction of sp³-hybridized carbons (Fsp3) is 0.0769. The Morgan fingerprint density at radius 2 is 1.79 bits per heavy atom. The van der Waals surface area contributed by atoms with Crippen LogP contribution in [0.15, 0.2) is 90.2 Å². The van der Waals surface area contributed by atoms with E-state index in [-0.39, 0.29) is 17.2 Å². The first kappa shape index (κ1) is 21.1. The van der Waals surface area contributed by atoms with E-state index in [0.717, 1.165) is 22.1 Å². The maximum Gasteiger partial charge on any atom is 0.263 e. The van der Waals surface area contributed by atoms with Crippen molar-refractivity contribution in [1.29, 1.82) is 0 Å². The number of nitrogens with two attached hydrogens (primary N) is 1. The van der Waals surface area contributed by atoms with Crippen LogP contribution in [0.2, 0.25) is 0 Å². The third-order valence-electron chi connectivity index (χ3n) is 5.87. The van der Waals surface area contributed by atoms with Gasteiger partial charge in [-0.15, -0.1) is 0 Å². The molecule has 5 aromatic rings. The normalized spacial score (nSPS) is 11.9. The van der Waals surface area contributed by atoms with Gasteiger partial charge in [0.05, 0.1) is 11.4 Å². The van der Waals surface area contributed by atoms with Crippen molar-refractivity contribution in [2.75, 3.05) is 11.1 Å². The largest absolute Gasteiger partial charge is 0.383 e. The molecule has 34 heavy (non-hydrogen) atoms. The van der Waals surface area contributed by atoms with E-state index in [1.807, 2.05) is 55.6 Å². The Hall–Kier alpha value is -4.72. The molecule has 0 bridgehead atoms. The van der Waals surface area contributed by atoms with Crippen molar-refractivity contribution in [2.45, 2.75) is 13.0 Å². The van der Waals surface area contributed by atoms with Gasteiger partial charge in [-0.1, -0.05) is 42.5 Å². The molecule has 1 atom stereocenters. The van der Waals surface area contributed by atoms with Crippen LogP contribution in [0, 0.1) is 0 Å². The molecule has 1 amide bonds. The summed E-state index contributed by atoms with van der Waals surface area (Å²) in [5.41, 5.74) is 9.74. The molecule has 0 saturated heterocycles. The topological polar surface area (TPSA) is 119 Å². The second-order valence-electron chi connectivity index (χ2n) is 7.94. The van der Waals surface area contributed by atoms with Crippen molar-refractivity contribution >= 4 is 28.4 Å². The SMILES string of the molecule is C[C@@H](c1ccccc1)n1cccc(C(=O)Nc2ccc(-c3c[nH]c4ncnc(N)c34)cc2)c1=O. The summed E-state index contributed by atoms with van der Waals surface area (Å²) in [5.74, 6) is -0.0687. The molecular formula is C26H22N6O2. The van der Waals surface area contributed by atoms with Crippen LogP contribution < -0.4 is 16.6 Å². The van der Waals surface area contributed by atoms with Gasteiger partial charge in [-0.05, 0) is 42.3 Å². The number of nitrogens with zero attached hydrogens (tertiary/aromatic N) is 3. The summed E-state index contributed by atoms with van der Waals surface area (Å²) in [6, 6.07) is 20.0. The van der Waals surface area contributed by atoms with Crippen LogP contribution in [-0.2, 0) is 0 Å². The van der Waals surface area contributed by atoms with E-state index in [4.69, 9.17) is 5.73 Å². The number of aromatic nitrogens is 4. The number of aromatic amines is 1. The number of hydrogen-bond acceptors (Lipinski definition) is 5. The number of H-pyrrole nitrogens is 1. The van der Waals surface area contributed by atoms with Crippen molar-refractivity contribution in [3.8, 4) is 11.1 Å². The van der Waals surface area contributed by atoms with Crippen molar-refractivity contribution in [2.24, 2.45) is 0 Å². The van der Waals surface area contributed by atoms with E-state index in [0.29, 0.717) is 17.2 Å². The number of anilines is 2. The highest BCUT2D eigenvalue weighted by Crippen LogP contribution is 2.31. The number of carbonyl (C=O) groups is 1. The molecule has 2 aromatic carbocycles. The summed E-state index contributed by atoms with van der Waals surface area (Å²) >= 11 is 0. The van der Waals surface area contributed by atoms with Crippen molar-refractivity contribution in [1.82, 2.24) is 19.5 Å². The molecule has 0 spiro atoms. The van der Waals surface area contributed by atoms with E-state index < -0.39 is 5.91 Å². The van der Waals surface area contributed by atoms with Crippen LogP contribution >= 0.6 is 0 Å². The van der Waals surface area contributed by atoms with Crippen LogP contribution in [0.3, 0.4) is 0 Å². The van der Waals surface area contributed by atoms with Gasteiger partial charge in [0.25, 0.3) is 11.5 Å². The molecule has 8 nitrogen and oxygen atoms in total. The Kier molecular flexibility index (Phi) is 5.39. The maximum absolute atomic E-state index is 13.1. The zero-order valence-corrected chi connectivity index (χ0v) is 18.4. The standard InChI is InChI=1S/C26H22N6O2/c1-16(17-6-3-2-4-7-17)32-13-5-8-20(26(32)34)25(33)31-19-11-9-18(10-12-19)21-14-28-24-22(21)23(27)29-15-30-24/h2-16H,1H3,(H,31,33)(H3,27,28,29,30)/t16-/m0/s1. The molecule has 4 N–H and O–H groups in total. The van der Waals surface area contributed by atoms with Gasteiger partial charge in [0.1, 0.15) is 23.4 Å². The van der Waals surface area contributed by atoms with Crippen LogP contribution in [0.4, 0.5) is 11.5 Å². The minimum absolute atomic E-state index is 0.0795. The summed E-state index contributed by atoms with van der Waals surface area (Å²) in [4.78, 5) is 37.3. The highest BCUT2D eigenvalue weighted by Gasteiger charge is 2.17. The van der Waals surface area contributed by atoms with Gasteiger partial charge in [0.15, 0.2) is 0 Å². The number of fused-ring (bicyclic) bond motifs is 1. The van der Waals surface area contributed by atoms with Gasteiger partial charge in [-0.2, -0.15) is 0 Å². The minimum atomic E-state index is -0.461. The van der Waals surface area contributed by atoms with Crippen molar-refractivity contribution < 1.29 is 4.79 Å². The molecule has 0 unspecified atom stereocenters. The number of nitrogens with one attached hydrogen (secondary N) is 2. The number of pyridine rings is 1. The molecule has 0 fully saturated rings. The minimum Gasteiger partial charge on any atom is -0.383 e. The number of rotatable bonds is 5. The second-order valence-corrected chi connectivity index (χ2v) is 7.94. The molecular weight excluding hydrogens is 428 g/mol. The summed E-state index contributed by atoms with van der Waals surface area (Å²) in [6.07, 6.45) is 4.93. The second kappa shape index (κ2) is 8.67. The number of carbonyl (C=O) groups excluding carboxylic acids is 1. The first-order valence-electron chi connectivity index (χ1n) is 10.8. The van der Waals surface area contributed by atoms with E-state index in [1.54, 1.807) is 29.0 Å². The molecule has 0 saturated carbocycles. The quantitative estimate of drug-likeness (QED) is 0.370. The monoisotopic (exact) mass is 450 g/mol. The summed E-state index contributed by atoms with van der Waals surface area (Å²) in [5, 5.41) is 3.56. The van der Waals surface area contributed by atoms with E-state index in [1.165, 1.54) is 12.4 Å². The Bertz CT molecular complexity index is 1540. The third kappa shape index (κ3) is 3.81. The highest BCUT2D eigenvalue weighted by molar-refractivity contribution is 6.04. The molecule has 3 heterocycles. The van der Waals surface area contributed by atoms with Gasteiger partial charge in [-0.25, -0.2) is 9.97 Å². The molecule has 168 valence electrons. The number of hydrogen-bond donors (Lipinski definition) is 3. The molecule has 5 rings (SSSR count). The van der Waals surface area contributed by atoms with E-state index >= 15 is 0 Å². The Labute approximate surface area is 195 Å². The maximum atomic E-state index is 13.1. The molecule has 0 aliphatic rings. The van der Waals surface area contributed by atoms with Gasteiger partial charge in [-0.3, -0.25) is 9.59 Å². The number of nitrogen functional groups attached to an aromatic ring is 1. The fourth-order valence-electron chi connectivity index (χ4n) is 4.03. The Morgan fingerprint density at radius 1 is 1.03 bits per heavy atom. The summed E-state index contributed by atoms with van der Waals surface area (Å²) < 4.78 is 1.57. The smallest absolute Gasteiger partial charge is 0.263 e. The van der Waals surface area contributed by atoms with Gasteiger partial charge >= 0.3 is 0 Å². The lowest BCUT2D eigenvalue weighted by atomic mass is 10.1. The molecule has 3 aromatic heterocycles. The lowest BCUT2D eigenvalue weighted by Crippen LogP contribution is -2.30. The lowest BCUT2D eigenvalue weighted by Gasteiger charge is -2.16. The molecule has 0 aliphatic heterocycles. The van der Waals surface area contributed by atoms with Gasteiger partial charge in [0, 0.05) is 23.6 Å². The predicted octanol–water partition coefficient (Wildman–Crippen LogP) is 4.23. The summed E-state index contributed by atoms with van der Waals surface area (Å²) in [6.45, 7) is 1.93. The number of benzene rings is 2. The highest BCUT2D eigenvalue weighted by atomic mass is 16.2. The Balaban J connectivity index is 1.38. The van der Waals surface area contributed by atoms with Crippen LogP contribution in [-0.4, -0.2) is 25.4 Å². The first-order valence-corrected chi connectivity index (χ1v) is 10.8. The van der Waals surface area contributed by atoms with Crippen molar-refractivity contribution in [3.63, 3.8) is 0 Å². The first-order chi connectivity index (χ1) is 16.5. The summed E-state index contributed by atoms with van der Waals surface area (Å²) in [7, 11) is 0. The predicted molar refractivity (Wildman–Crippen MR) is 133 cm³/mol. The molecule has 0 aliphatic carbocycles.